The van der Waals surface area contributed by atoms with Crippen molar-refractivity contribution in [3.8, 4) is 0 Å². The number of nitrogens with two attached hydrogens (primary N) is 1. The first-order valence-electron chi connectivity index (χ1n) is 6.68. The zero-order valence-electron chi connectivity index (χ0n) is 10.5. The van der Waals surface area contributed by atoms with Gasteiger partial charge in [-0.1, -0.05) is 36.4 Å². The van der Waals surface area contributed by atoms with Gasteiger partial charge >= 0.3 is 0 Å². The van der Waals surface area contributed by atoms with E-state index in [-0.39, 0.29) is 12.1 Å². The Morgan fingerprint density at radius 1 is 1.06 bits per heavy atom. The summed E-state index contributed by atoms with van der Waals surface area (Å²) in [5.74, 6) is 0. The molecule has 3 rings (SSSR count). The minimum absolute atomic E-state index is 0.227. The van der Waals surface area contributed by atoms with Crippen LogP contribution in [-0.2, 0) is 11.3 Å². The highest BCUT2D eigenvalue weighted by atomic mass is 16.5. The third kappa shape index (κ3) is 2.40. The Balaban J connectivity index is 1.71. The molecule has 0 heterocycles. The topological polar surface area (TPSA) is 35.2 Å². The van der Waals surface area contributed by atoms with Gasteiger partial charge < -0.3 is 10.5 Å². The summed E-state index contributed by atoms with van der Waals surface area (Å²) >= 11 is 0. The molecule has 0 bridgehead atoms. The minimum atomic E-state index is 0.227. The molecule has 0 spiro atoms. The largest absolute Gasteiger partial charge is 0.372 e. The summed E-state index contributed by atoms with van der Waals surface area (Å²) in [4.78, 5) is 0. The van der Waals surface area contributed by atoms with Gasteiger partial charge in [-0.3, -0.25) is 0 Å². The predicted octanol–water partition coefficient (Wildman–Crippen LogP) is 3.24. The molecule has 18 heavy (non-hydrogen) atoms. The maximum Gasteiger partial charge on any atom is 0.0730 e. The Labute approximate surface area is 108 Å². The Kier molecular flexibility index (Phi) is 3.31. The maximum absolute atomic E-state index is 6.01. The first kappa shape index (κ1) is 11.7. The molecule has 1 aliphatic rings. The predicted molar refractivity (Wildman–Crippen MR) is 74.4 cm³/mol. The van der Waals surface area contributed by atoms with Gasteiger partial charge in [0.2, 0.25) is 0 Å². The normalized spacial score (nSPS) is 23.6. The maximum atomic E-state index is 6.01. The Hall–Kier alpha value is -1.38. The molecule has 1 saturated carbocycles. The second kappa shape index (κ2) is 5.09. The van der Waals surface area contributed by atoms with Crippen LogP contribution in [0.15, 0.2) is 42.5 Å². The molecular weight excluding hydrogens is 222 g/mol. The molecule has 0 radical (unpaired) electrons. The van der Waals surface area contributed by atoms with Crippen molar-refractivity contribution in [2.45, 2.75) is 38.0 Å². The van der Waals surface area contributed by atoms with Crippen molar-refractivity contribution < 1.29 is 4.74 Å². The lowest BCUT2D eigenvalue weighted by atomic mass is 10.1. The van der Waals surface area contributed by atoms with Crippen LogP contribution in [-0.4, -0.2) is 12.1 Å². The zero-order chi connectivity index (χ0) is 12.4. The van der Waals surface area contributed by atoms with Gasteiger partial charge in [-0.05, 0) is 41.7 Å². The molecule has 0 amide bonds. The van der Waals surface area contributed by atoms with E-state index in [1.54, 1.807) is 0 Å². The Morgan fingerprint density at radius 3 is 2.67 bits per heavy atom. The molecule has 1 fully saturated rings. The molecule has 0 aromatic heterocycles. The van der Waals surface area contributed by atoms with E-state index in [0.717, 1.165) is 12.8 Å². The lowest BCUT2D eigenvalue weighted by molar-refractivity contribution is 0.0358. The van der Waals surface area contributed by atoms with Crippen molar-refractivity contribution in [3.05, 3.63) is 48.0 Å². The number of benzene rings is 2. The second-order valence-electron chi connectivity index (χ2n) is 5.13. The van der Waals surface area contributed by atoms with Gasteiger partial charge in [0.15, 0.2) is 0 Å². The van der Waals surface area contributed by atoms with Crippen LogP contribution in [0.2, 0.25) is 0 Å². The van der Waals surface area contributed by atoms with Gasteiger partial charge in [0.25, 0.3) is 0 Å². The second-order valence-corrected chi connectivity index (χ2v) is 5.13. The highest BCUT2D eigenvalue weighted by Gasteiger charge is 2.24. The van der Waals surface area contributed by atoms with Crippen molar-refractivity contribution >= 4 is 10.8 Å². The van der Waals surface area contributed by atoms with Crippen LogP contribution in [0, 0.1) is 0 Å². The summed E-state index contributed by atoms with van der Waals surface area (Å²) in [6.07, 6.45) is 3.65. The molecule has 0 unspecified atom stereocenters. The molecule has 2 aromatic carbocycles. The van der Waals surface area contributed by atoms with E-state index in [2.05, 4.69) is 42.5 Å². The third-order valence-corrected chi connectivity index (χ3v) is 3.78. The number of ether oxygens (including phenoxy) is 1. The summed E-state index contributed by atoms with van der Waals surface area (Å²) in [5.41, 5.74) is 7.24. The number of hydrogen-bond acceptors (Lipinski definition) is 2. The van der Waals surface area contributed by atoms with Crippen molar-refractivity contribution in [1.29, 1.82) is 0 Å². The first-order chi connectivity index (χ1) is 8.83. The van der Waals surface area contributed by atoms with Crippen LogP contribution in [0.3, 0.4) is 0 Å². The summed E-state index contributed by atoms with van der Waals surface area (Å²) in [6.45, 7) is 0.670. The van der Waals surface area contributed by atoms with Gasteiger partial charge in [-0.25, -0.2) is 0 Å². The van der Waals surface area contributed by atoms with E-state index in [1.807, 2.05) is 0 Å². The van der Waals surface area contributed by atoms with Crippen LogP contribution in [0.4, 0.5) is 0 Å². The van der Waals surface area contributed by atoms with E-state index >= 15 is 0 Å². The quantitative estimate of drug-likeness (QED) is 0.895. The van der Waals surface area contributed by atoms with E-state index in [1.165, 1.54) is 22.8 Å². The van der Waals surface area contributed by atoms with Gasteiger partial charge in [0.05, 0.1) is 12.7 Å². The summed E-state index contributed by atoms with van der Waals surface area (Å²) in [5, 5.41) is 2.55. The number of fused-ring (bicyclic) bond motifs is 1. The van der Waals surface area contributed by atoms with Gasteiger partial charge in [-0.2, -0.15) is 0 Å². The SMILES string of the molecule is N[C@H]1CCC[C@@H]1OCc1ccc2ccccc2c1. The monoisotopic (exact) mass is 241 g/mol. The fraction of sp³-hybridized carbons (Fsp3) is 0.375. The molecule has 2 atom stereocenters. The summed E-state index contributed by atoms with van der Waals surface area (Å²) in [7, 11) is 0. The highest BCUT2D eigenvalue weighted by molar-refractivity contribution is 5.82. The molecule has 2 N–H and O–H groups in total. The molecular formula is C16H19NO. The van der Waals surface area contributed by atoms with Gasteiger partial charge in [0.1, 0.15) is 0 Å². The molecule has 0 aliphatic heterocycles. The summed E-state index contributed by atoms with van der Waals surface area (Å²) < 4.78 is 5.93. The average Bonchev–Trinajstić information content (AvgIpc) is 2.82. The standard InChI is InChI=1S/C16H19NO/c17-15-6-3-7-16(15)18-11-12-8-9-13-4-1-2-5-14(13)10-12/h1-2,4-5,8-10,15-16H,3,6-7,11,17H2/t15-,16-/m0/s1. The Morgan fingerprint density at radius 2 is 1.89 bits per heavy atom. The smallest absolute Gasteiger partial charge is 0.0730 e. The molecule has 94 valence electrons. The van der Waals surface area contributed by atoms with E-state index < -0.39 is 0 Å². The minimum Gasteiger partial charge on any atom is -0.372 e. The van der Waals surface area contributed by atoms with Crippen LogP contribution < -0.4 is 5.73 Å². The molecule has 2 aromatic rings. The third-order valence-electron chi connectivity index (χ3n) is 3.78. The lowest BCUT2D eigenvalue weighted by Crippen LogP contribution is -2.31. The van der Waals surface area contributed by atoms with E-state index in [4.69, 9.17) is 10.5 Å². The number of rotatable bonds is 3. The first-order valence-corrected chi connectivity index (χ1v) is 6.68. The highest BCUT2D eigenvalue weighted by Crippen LogP contribution is 2.22. The molecule has 2 heteroatoms. The van der Waals surface area contributed by atoms with Gasteiger partial charge in [-0.15, -0.1) is 0 Å². The molecule has 0 saturated heterocycles. The van der Waals surface area contributed by atoms with Crippen molar-refractivity contribution in [3.63, 3.8) is 0 Å². The van der Waals surface area contributed by atoms with E-state index in [0.29, 0.717) is 6.61 Å². The molecule has 2 nitrogen and oxygen atoms in total. The fourth-order valence-corrected chi connectivity index (χ4v) is 2.69. The van der Waals surface area contributed by atoms with Crippen molar-refractivity contribution in [2.24, 2.45) is 5.73 Å². The van der Waals surface area contributed by atoms with Crippen LogP contribution in [0.25, 0.3) is 10.8 Å². The van der Waals surface area contributed by atoms with Crippen molar-refractivity contribution in [1.82, 2.24) is 0 Å². The van der Waals surface area contributed by atoms with Crippen LogP contribution in [0.1, 0.15) is 24.8 Å². The van der Waals surface area contributed by atoms with Crippen LogP contribution in [0.5, 0.6) is 0 Å². The van der Waals surface area contributed by atoms with Crippen LogP contribution >= 0.6 is 0 Å². The molecule has 1 aliphatic carbocycles. The zero-order valence-corrected chi connectivity index (χ0v) is 10.5. The fourth-order valence-electron chi connectivity index (χ4n) is 2.69. The average molecular weight is 241 g/mol. The Bertz CT molecular complexity index is 537. The summed E-state index contributed by atoms with van der Waals surface area (Å²) in [6, 6.07) is 15.1. The number of hydrogen-bond donors (Lipinski definition) is 1. The van der Waals surface area contributed by atoms with E-state index in [9.17, 15) is 0 Å². The lowest BCUT2D eigenvalue weighted by Gasteiger charge is -2.16. The van der Waals surface area contributed by atoms with Crippen molar-refractivity contribution in [2.75, 3.05) is 0 Å². The van der Waals surface area contributed by atoms with Gasteiger partial charge in [0, 0.05) is 6.04 Å².